The van der Waals surface area contributed by atoms with Crippen LogP contribution in [0.4, 0.5) is 18.9 Å². The zero-order chi connectivity index (χ0) is 27.4. The molecule has 3 rings (SSSR count). The standard InChI is InChI=1S/C26H26ClF3N2O4S/c1-4-24(18-7-10-20(36-3)11-8-18)31-25(33)16-32(37(34,35)21-12-5-17(2)6-13-21)19-9-14-23(27)22(15-19)26(28,29)30/h5-15,24H,4,16H2,1-3H3,(H,31,33)/t24-/m1/s1. The van der Waals surface area contributed by atoms with Gasteiger partial charge in [-0.25, -0.2) is 8.42 Å². The minimum Gasteiger partial charge on any atom is -0.497 e. The lowest BCUT2D eigenvalue weighted by Crippen LogP contribution is -2.42. The second-order valence-electron chi connectivity index (χ2n) is 8.29. The summed E-state index contributed by atoms with van der Waals surface area (Å²) in [6, 6.07) is 15.0. The Labute approximate surface area is 219 Å². The lowest BCUT2D eigenvalue weighted by atomic mass is 10.0. The molecule has 0 radical (unpaired) electrons. The summed E-state index contributed by atoms with van der Waals surface area (Å²) in [5.74, 6) is -0.0645. The molecule has 1 atom stereocenters. The number of alkyl halides is 3. The van der Waals surface area contributed by atoms with Crippen molar-refractivity contribution in [2.24, 2.45) is 0 Å². The first-order chi connectivity index (χ1) is 17.4. The Balaban J connectivity index is 1.99. The van der Waals surface area contributed by atoms with Gasteiger partial charge in [-0.1, -0.05) is 48.4 Å². The van der Waals surface area contributed by atoms with Gasteiger partial charge in [0.15, 0.2) is 0 Å². The summed E-state index contributed by atoms with van der Waals surface area (Å²) >= 11 is 5.74. The number of anilines is 1. The first-order valence-corrected chi connectivity index (χ1v) is 13.1. The van der Waals surface area contributed by atoms with Crippen LogP contribution in [0.25, 0.3) is 0 Å². The van der Waals surface area contributed by atoms with Gasteiger partial charge < -0.3 is 10.1 Å². The molecule has 6 nitrogen and oxygen atoms in total. The lowest BCUT2D eigenvalue weighted by molar-refractivity contribution is -0.137. The molecule has 11 heteroatoms. The molecule has 0 aliphatic heterocycles. The first-order valence-electron chi connectivity index (χ1n) is 11.3. The minimum atomic E-state index is -4.82. The van der Waals surface area contributed by atoms with E-state index >= 15 is 0 Å². The quantitative estimate of drug-likeness (QED) is 0.345. The van der Waals surface area contributed by atoms with Crippen molar-refractivity contribution in [1.82, 2.24) is 5.32 Å². The number of aryl methyl sites for hydroxylation is 1. The fourth-order valence-electron chi connectivity index (χ4n) is 3.67. The monoisotopic (exact) mass is 554 g/mol. The van der Waals surface area contributed by atoms with Crippen molar-refractivity contribution in [1.29, 1.82) is 0 Å². The van der Waals surface area contributed by atoms with Gasteiger partial charge in [-0.05, 0) is 61.4 Å². The first kappa shape index (κ1) is 28.3. The van der Waals surface area contributed by atoms with Gasteiger partial charge in [0.2, 0.25) is 5.91 Å². The molecular weight excluding hydrogens is 529 g/mol. The van der Waals surface area contributed by atoms with E-state index in [-0.39, 0.29) is 10.6 Å². The number of methoxy groups -OCH3 is 1. The van der Waals surface area contributed by atoms with Crippen LogP contribution >= 0.6 is 11.6 Å². The van der Waals surface area contributed by atoms with Crippen molar-refractivity contribution in [3.8, 4) is 5.75 Å². The molecule has 0 unspecified atom stereocenters. The van der Waals surface area contributed by atoms with E-state index in [4.69, 9.17) is 16.3 Å². The van der Waals surface area contributed by atoms with E-state index in [2.05, 4.69) is 5.32 Å². The number of rotatable bonds is 9. The summed E-state index contributed by atoms with van der Waals surface area (Å²) in [6.45, 7) is 2.85. The zero-order valence-electron chi connectivity index (χ0n) is 20.3. The van der Waals surface area contributed by atoms with Gasteiger partial charge in [-0.2, -0.15) is 13.2 Å². The highest BCUT2D eigenvalue weighted by Gasteiger charge is 2.35. The molecule has 0 saturated carbocycles. The second-order valence-corrected chi connectivity index (χ2v) is 10.6. The molecule has 0 fully saturated rings. The van der Waals surface area contributed by atoms with Crippen LogP contribution in [0.1, 0.15) is 36.1 Å². The zero-order valence-corrected chi connectivity index (χ0v) is 21.9. The van der Waals surface area contributed by atoms with Crippen LogP contribution in [0.2, 0.25) is 5.02 Å². The fraction of sp³-hybridized carbons (Fsp3) is 0.269. The van der Waals surface area contributed by atoms with E-state index in [0.717, 1.165) is 23.3 Å². The molecule has 0 aromatic heterocycles. The number of hydrogen-bond donors (Lipinski definition) is 1. The van der Waals surface area contributed by atoms with Gasteiger partial charge in [-0.15, -0.1) is 0 Å². The van der Waals surface area contributed by atoms with Gasteiger partial charge in [0.25, 0.3) is 10.0 Å². The van der Waals surface area contributed by atoms with Crippen LogP contribution < -0.4 is 14.4 Å². The largest absolute Gasteiger partial charge is 0.497 e. The number of amides is 1. The molecule has 3 aromatic carbocycles. The number of nitrogens with zero attached hydrogens (tertiary/aromatic N) is 1. The topological polar surface area (TPSA) is 75.7 Å². The van der Waals surface area contributed by atoms with E-state index in [1.807, 2.05) is 6.92 Å². The van der Waals surface area contributed by atoms with Gasteiger partial charge in [0.05, 0.1) is 34.3 Å². The molecule has 0 aliphatic rings. The second kappa shape index (κ2) is 11.4. The average molecular weight is 555 g/mol. The predicted molar refractivity (Wildman–Crippen MR) is 136 cm³/mol. The third-order valence-electron chi connectivity index (χ3n) is 5.70. The SMILES string of the molecule is CC[C@@H](NC(=O)CN(c1ccc(Cl)c(C(F)(F)F)c1)S(=O)(=O)c1ccc(C)cc1)c1ccc(OC)cc1. The van der Waals surface area contributed by atoms with Crippen molar-refractivity contribution >= 4 is 33.2 Å². The van der Waals surface area contributed by atoms with Gasteiger partial charge in [0, 0.05) is 0 Å². The van der Waals surface area contributed by atoms with E-state index in [9.17, 15) is 26.4 Å². The summed E-state index contributed by atoms with van der Waals surface area (Å²) in [5, 5.41) is 2.19. The maximum Gasteiger partial charge on any atom is 0.417 e. The Hall–Kier alpha value is -3.24. The number of carbonyl (C=O) groups is 1. The number of hydrogen-bond acceptors (Lipinski definition) is 4. The van der Waals surface area contributed by atoms with Crippen LogP contribution in [-0.4, -0.2) is 28.0 Å². The average Bonchev–Trinajstić information content (AvgIpc) is 2.86. The molecule has 0 saturated heterocycles. The van der Waals surface area contributed by atoms with E-state index in [0.29, 0.717) is 22.5 Å². The van der Waals surface area contributed by atoms with E-state index in [1.54, 1.807) is 43.3 Å². The van der Waals surface area contributed by atoms with E-state index in [1.165, 1.54) is 19.2 Å². The Bertz CT molecular complexity index is 1350. The molecule has 0 aliphatic carbocycles. The van der Waals surface area contributed by atoms with Crippen LogP contribution in [0.15, 0.2) is 71.6 Å². The number of benzene rings is 3. The van der Waals surface area contributed by atoms with Gasteiger partial charge in [-0.3, -0.25) is 9.10 Å². The summed E-state index contributed by atoms with van der Waals surface area (Å²) in [7, 11) is -2.89. The van der Waals surface area contributed by atoms with Crippen LogP contribution in [-0.2, 0) is 21.0 Å². The molecule has 1 N–H and O–H groups in total. The Kier molecular flexibility index (Phi) is 8.76. The number of sulfonamides is 1. The fourth-order valence-corrected chi connectivity index (χ4v) is 5.30. The predicted octanol–water partition coefficient (Wildman–Crippen LogP) is 6.14. The maximum atomic E-state index is 13.5. The molecule has 0 bridgehead atoms. The van der Waals surface area contributed by atoms with Crippen molar-refractivity contribution in [2.75, 3.05) is 18.0 Å². The molecule has 37 heavy (non-hydrogen) atoms. The molecular formula is C26H26ClF3N2O4S. The molecule has 0 spiro atoms. The third-order valence-corrected chi connectivity index (χ3v) is 7.82. The van der Waals surface area contributed by atoms with Crippen LogP contribution in [0.5, 0.6) is 5.75 Å². The summed E-state index contributed by atoms with van der Waals surface area (Å²) in [6.07, 6.45) is -4.34. The maximum absolute atomic E-state index is 13.5. The molecule has 198 valence electrons. The summed E-state index contributed by atoms with van der Waals surface area (Å²) < 4.78 is 73.5. The number of carbonyl (C=O) groups excluding carboxylic acids is 1. The molecule has 0 heterocycles. The number of ether oxygens (including phenoxy) is 1. The highest BCUT2D eigenvalue weighted by molar-refractivity contribution is 7.92. The van der Waals surface area contributed by atoms with Crippen LogP contribution in [0.3, 0.4) is 0 Å². The minimum absolute atomic E-state index is 0.170. The van der Waals surface area contributed by atoms with E-state index < -0.39 is 45.3 Å². The Morgan fingerprint density at radius 3 is 2.22 bits per heavy atom. The van der Waals surface area contributed by atoms with Crippen LogP contribution in [0, 0.1) is 6.92 Å². The highest BCUT2D eigenvalue weighted by Crippen LogP contribution is 2.38. The summed E-state index contributed by atoms with van der Waals surface area (Å²) in [5.41, 5.74) is 0.000564. The van der Waals surface area contributed by atoms with Gasteiger partial charge in [0.1, 0.15) is 12.3 Å². The molecule has 1 amide bonds. The highest BCUT2D eigenvalue weighted by atomic mass is 35.5. The van der Waals surface area contributed by atoms with Crippen molar-refractivity contribution in [3.63, 3.8) is 0 Å². The number of halogens is 4. The summed E-state index contributed by atoms with van der Waals surface area (Å²) in [4.78, 5) is 12.9. The third kappa shape index (κ3) is 6.75. The van der Waals surface area contributed by atoms with Gasteiger partial charge >= 0.3 is 6.18 Å². The van der Waals surface area contributed by atoms with Crippen molar-refractivity contribution in [2.45, 2.75) is 37.4 Å². The van der Waals surface area contributed by atoms with Crippen molar-refractivity contribution in [3.05, 3.63) is 88.4 Å². The lowest BCUT2D eigenvalue weighted by Gasteiger charge is -2.26. The molecule has 3 aromatic rings. The Morgan fingerprint density at radius 1 is 1.05 bits per heavy atom. The number of nitrogens with one attached hydrogen (secondary N) is 1. The smallest absolute Gasteiger partial charge is 0.417 e. The normalized spacial score (nSPS) is 12.6. The van der Waals surface area contributed by atoms with Crippen molar-refractivity contribution < 1.29 is 31.1 Å². The Morgan fingerprint density at radius 2 is 1.68 bits per heavy atom.